The highest BCUT2D eigenvalue weighted by atomic mass is 31.1. The summed E-state index contributed by atoms with van der Waals surface area (Å²) < 4.78 is 22.4. The summed E-state index contributed by atoms with van der Waals surface area (Å²) in [5.74, 6) is 0.877. The van der Waals surface area contributed by atoms with Crippen molar-refractivity contribution in [3.63, 3.8) is 0 Å². The van der Waals surface area contributed by atoms with Crippen molar-refractivity contribution in [1.82, 2.24) is 0 Å². The van der Waals surface area contributed by atoms with Crippen LogP contribution in [0.3, 0.4) is 0 Å². The van der Waals surface area contributed by atoms with Crippen LogP contribution < -0.4 is 14.8 Å². The normalized spacial score (nSPS) is 11.3. The van der Waals surface area contributed by atoms with Crippen molar-refractivity contribution < 1.29 is 18.8 Å². The third-order valence-electron chi connectivity index (χ3n) is 3.29. The summed E-state index contributed by atoms with van der Waals surface area (Å²) >= 11 is 0. The first-order chi connectivity index (χ1) is 11.0. The van der Waals surface area contributed by atoms with Crippen molar-refractivity contribution in [2.24, 2.45) is 0 Å². The molecular weight excluding hydrogens is 311 g/mol. The smallest absolute Gasteiger partial charge is 0.205 e. The fraction of sp³-hybridized carbons (Fsp3) is 0.278. The van der Waals surface area contributed by atoms with E-state index in [1.54, 1.807) is 44.2 Å². The number of ketones is 1. The van der Waals surface area contributed by atoms with E-state index in [1.807, 2.05) is 25.1 Å². The van der Waals surface area contributed by atoms with Crippen LogP contribution in [-0.4, -0.2) is 18.0 Å². The Balaban J connectivity index is 2.24. The van der Waals surface area contributed by atoms with Crippen molar-refractivity contribution in [3.8, 4) is 11.5 Å². The van der Waals surface area contributed by atoms with Crippen LogP contribution in [0, 0.1) is 0 Å². The van der Waals surface area contributed by atoms with Gasteiger partial charge in [0.2, 0.25) is 5.78 Å². The maximum absolute atomic E-state index is 12.6. The van der Waals surface area contributed by atoms with E-state index in [4.69, 9.17) is 9.47 Å². The lowest BCUT2D eigenvalue weighted by Gasteiger charge is -2.25. The van der Waals surface area contributed by atoms with Gasteiger partial charge in [-0.1, -0.05) is 30.3 Å². The average Bonchev–Trinajstić information content (AvgIpc) is 2.55. The molecule has 0 unspecified atom stereocenters. The molecule has 0 amide bonds. The molecule has 2 aromatic carbocycles. The number of hydrogen-bond donors (Lipinski definition) is 0. The van der Waals surface area contributed by atoms with Crippen molar-refractivity contribution in [1.29, 1.82) is 0 Å². The topological polar surface area (TPSA) is 52.6 Å². The Hall–Kier alpha value is -2.19. The van der Waals surface area contributed by atoms with Crippen LogP contribution in [0.15, 0.2) is 48.5 Å². The molecule has 0 spiro atoms. The SMILES string of the molecule is CCOc1cc(OC(C)(C)C(=O)c2ccccc2)ccc1P=O. The summed E-state index contributed by atoms with van der Waals surface area (Å²) in [6, 6.07) is 14.0. The highest BCUT2D eigenvalue weighted by Crippen LogP contribution is 2.26. The van der Waals surface area contributed by atoms with E-state index in [-0.39, 0.29) is 14.2 Å². The molecule has 23 heavy (non-hydrogen) atoms. The Bertz CT molecular complexity index is 695. The summed E-state index contributed by atoms with van der Waals surface area (Å²) in [6.45, 7) is 5.76. The molecule has 4 nitrogen and oxygen atoms in total. The molecule has 0 aliphatic rings. The van der Waals surface area contributed by atoms with E-state index in [9.17, 15) is 9.36 Å². The molecule has 0 bridgehead atoms. The van der Waals surface area contributed by atoms with Crippen molar-refractivity contribution in [3.05, 3.63) is 54.1 Å². The lowest BCUT2D eigenvalue weighted by Crippen LogP contribution is -2.38. The average molecular weight is 330 g/mol. The number of benzene rings is 2. The number of Topliss-reactive ketones (excluding diaryl/α,β-unsaturated/α-hetero) is 1. The third kappa shape index (κ3) is 4.17. The lowest BCUT2D eigenvalue weighted by molar-refractivity contribution is 0.0583. The molecule has 0 saturated heterocycles. The minimum Gasteiger partial charge on any atom is -0.493 e. The van der Waals surface area contributed by atoms with E-state index in [2.05, 4.69) is 0 Å². The van der Waals surface area contributed by atoms with Crippen LogP contribution in [0.5, 0.6) is 11.5 Å². The standard InChI is InChI=1S/C18H19O4P/c1-4-21-15-12-14(10-11-16(15)23-20)22-18(2,3)17(19)13-8-6-5-7-9-13/h5-12H,4H2,1-3H3. The molecule has 0 radical (unpaired) electrons. The van der Waals surface area contributed by atoms with Gasteiger partial charge in [0, 0.05) is 11.6 Å². The monoisotopic (exact) mass is 330 g/mol. The van der Waals surface area contributed by atoms with Gasteiger partial charge < -0.3 is 9.47 Å². The zero-order valence-corrected chi connectivity index (χ0v) is 14.3. The van der Waals surface area contributed by atoms with Crippen molar-refractivity contribution >= 4 is 19.5 Å². The number of ether oxygens (including phenoxy) is 2. The molecule has 0 fully saturated rings. The van der Waals surface area contributed by atoms with Crippen molar-refractivity contribution in [2.75, 3.05) is 6.61 Å². The van der Waals surface area contributed by atoms with Gasteiger partial charge >= 0.3 is 0 Å². The molecule has 0 aliphatic heterocycles. The van der Waals surface area contributed by atoms with E-state index in [0.29, 0.717) is 29.0 Å². The quantitative estimate of drug-likeness (QED) is 0.568. The van der Waals surface area contributed by atoms with Crippen LogP contribution in [0.2, 0.25) is 0 Å². The second kappa shape index (κ2) is 7.38. The van der Waals surface area contributed by atoms with Crippen LogP contribution >= 0.6 is 8.46 Å². The Kier molecular flexibility index (Phi) is 5.51. The Morgan fingerprint density at radius 3 is 2.43 bits per heavy atom. The summed E-state index contributed by atoms with van der Waals surface area (Å²) in [4.78, 5) is 12.6. The maximum Gasteiger partial charge on any atom is 0.205 e. The Morgan fingerprint density at radius 1 is 1.13 bits per heavy atom. The first-order valence-corrected chi connectivity index (χ1v) is 8.18. The molecular formula is C18H19O4P. The minimum atomic E-state index is -1.03. The van der Waals surface area contributed by atoms with Gasteiger partial charge in [-0.25, -0.2) is 0 Å². The molecule has 0 aliphatic carbocycles. The van der Waals surface area contributed by atoms with Crippen LogP contribution in [0.4, 0.5) is 0 Å². The predicted octanol–water partition coefficient (Wildman–Crippen LogP) is 4.04. The van der Waals surface area contributed by atoms with E-state index in [0.717, 1.165) is 0 Å². The molecule has 0 N–H and O–H groups in total. The number of carbonyl (C=O) groups excluding carboxylic acids is 1. The predicted molar refractivity (Wildman–Crippen MR) is 90.3 cm³/mol. The second-order valence-corrected chi connectivity index (χ2v) is 6.13. The maximum atomic E-state index is 12.6. The highest BCUT2D eigenvalue weighted by Gasteiger charge is 2.31. The van der Waals surface area contributed by atoms with Gasteiger partial charge in [-0.3, -0.25) is 9.36 Å². The summed E-state index contributed by atoms with van der Waals surface area (Å²) in [5, 5.41) is 0.548. The van der Waals surface area contributed by atoms with Gasteiger partial charge in [-0.2, -0.15) is 0 Å². The number of carbonyl (C=O) groups is 1. The zero-order chi connectivity index (χ0) is 16.9. The molecule has 0 aromatic heterocycles. The minimum absolute atomic E-state index is 0.109. The zero-order valence-electron chi connectivity index (χ0n) is 13.4. The molecule has 0 atom stereocenters. The molecule has 0 saturated carbocycles. The fourth-order valence-electron chi connectivity index (χ4n) is 2.18. The van der Waals surface area contributed by atoms with Gasteiger partial charge in [0.25, 0.3) is 0 Å². The number of rotatable bonds is 7. The largest absolute Gasteiger partial charge is 0.493 e. The second-order valence-electron chi connectivity index (χ2n) is 5.46. The Labute approximate surface area is 137 Å². The van der Waals surface area contributed by atoms with E-state index >= 15 is 0 Å². The van der Waals surface area contributed by atoms with E-state index < -0.39 is 5.60 Å². The summed E-state index contributed by atoms with van der Waals surface area (Å²) in [5.41, 5.74) is -0.432. The third-order valence-corrected chi connectivity index (χ3v) is 3.85. The van der Waals surface area contributed by atoms with Crippen molar-refractivity contribution in [2.45, 2.75) is 26.4 Å². The molecule has 2 rings (SSSR count). The molecule has 120 valence electrons. The first kappa shape index (κ1) is 17.2. The first-order valence-electron chi connectivity index (χ1n) is 7.37. The molecule has 5 heteroatoms. The van der Waals surface area contributed by atoms with Gasteiger partial charge in [-0.05, 0) is 32.9 Å². The molecule has 2 aromatic rings. The summed E-state index contributed by atoms with van der Waals surface area (Å²) in [7, 11) is -0.117. The van der Waals surface area contributed by atoms with Gasteiger partial charge in [0.15, 0.2) is 14.1 Å². The number of hydrogen-bond acceptors (Lipinski definition) is 4. The van der Waals surface area contributed by atoms with Gasteiger partial charge in [0.1, 0.15) is 11.5 Å². The Morgan fingerprint density at radius 2 is 1.83 bits per heavy atom. The summed E-state index contributed by atoms with van der Waals surface area (Å²) in [6.07, 6.45) is 0. The van der Waals surface area contributed by atoms with Crippen LogP contribution in [0.25, 0.3) is 0 Å². The van der Waals surface area contributed by atoms with Gasteiger partial charge in [-0.15, -0.1) is 0 Å². The van der Waals surface area contributed by atoms with E-state index in [1.165, 1.54) is 0 Å². The fourth-order valence-corrected chi connectivity index (χ4v) is 2.54. The van der Waals surface area contributed by atoms with Crippen LogP contribution in [-0.2, 0) is 4.57 Å². The van der Waals surface area contributed by atoms with Crippen LogP contribution in [0.1, 0.15) is 31.1 Å². The lowest BCUT2D eigenvalue weighted by atomic mass is 9.96. The van der Waals surface area contributed by atoms with Gasteiger partial charge in [0.05, 0.1) is 11.9 Å². The highest BCUT2D eigenvalue weighted by molar-refractivity contribution is 7.34. The molecule has 0 heterocycles.